The minimum atomic E-state index is -3.02. The van der Waals surface area contributed by atoms with Gasteiger partial charge in [-0.2, -0.15) is 0 Å². The van der Waals surface area contributed by atoms with Crippen molar-refractivity contribution in [3.8, 4) is 0 Å². The van der Waals surface area contributed by atoms with Crippen LogP contribution in [0.1, 0.15) is 32.1 Å². The third-order valence-electron chi connectivity index (χ3n) is 2.18. The van der Waals surface area contributed by atoms with Crippen molar-refractivity contribution in [3.63, 3.8) is 0 Å². The zero-order valence-corrected chi connectivity index (χ0v) is 8.90. The summed E-state index contributed by atoms with van der Waals surface area (Å²) in [7, 11) is 1.36. The Labute approximate surface area is 78.1 Å². The van der Waals surface area contributed by atoms with E-state index in [1.807, 2.05) is 0 Å². The molecule has 5 heteroatoms. The smallest absolute Gasteiger partial charge is 0.310 e. The molecule has 1 saturated carbocycles. The van der Waals surface area contributed by atoms with E-state index in [0.29, 0.717) is 0 Å². The van der Waals surface area contributed by atoms with Gasteiger partial charge in [-0.25, -0.2) is 5.09 Å². The van der Waals surface area contributed by atoms with Crippen LogP contribution in [-0.4, -0.2) is 13.2 Å². The number of nitrogens with one attached hydrogen (secondary N) is 1. The summed E-state index contributed by atoms with van der Waals surface area (Å²) in [5, 5.41) is 2.84. The van der Waals surface area contributed by atoms with Gasteiger partial charge in [0.15, 0.2) is 0 Å². The van der Waals surface area contributed by atoms with Crippen LogP contribution < -0.4 is 5.09 Å². The zero-order chi connectivity index (χ0) is 9.03. The molecule has 0 aromatic carbocycles. The monoisotopic (exact) mass is 211 g/mol. The van der Waals surface area contributed by atoms with E-state index in [2.05, 4.69) is 9.61 Å². The maximum atomic E-state index is 11.3. The van der Waals surface area contributed by atoms with Crippen molar-refractivity contribution in [1.82, 2.24) is 5.09 Å². The highest BCUT2D eigenvalue weighted by molar-refractivity contribution is 7.83. The number of hydrogen-bond donors (Lipinski definition) is 1. The minimum absolute atomic E-state index is 0.280. The van der Waals surface area contributed by atoms with Crippen molar-refractivity contribution in [1.29, 1.82) is 0 Å². The van der Waals surface area contributed by atoms with Crippen molar-refractivity contribution < 1.29 is 9.09 Å². The lowest BCUT2D eigenvalue weighted by Crippen LogP contribution is -2.27. The molecule has 12 heavy (non-hydrogen) atoms. The molecule has 1 fully saturated rings. The second-order valence-corrected chi connectivity index (χ2v) is 6.04. The summed E-state index contributed by atoms with van der Waals surface area (Å²) in [6.45, 7) is -3.02. The Bertz CT molecular complexity index is 182. The Morgan fingerprint density at radius 3 is 2.50 bits per heavy atom. The number of halogens is 1. The third-order valence-corrected chi connectivity index (χ3v) is 4.03. The molecule has 1 N–H and O–H groups in total. The summed E-state index contributed by atoms with van der Waals surface area (Å²) in [5.41, 5.74) is 0. The van der Waals surface area contributed by atoms with Gasteiger partial charge < -0.3 is 4.52 Å². The van der Waals surface area contributed by atoms with Gasteiger partial charge in [0.05, 0.1) is 0 Å². The van der Waals surface area contributed by atoms with Gasteiger partial charge in [0.2, 0.25) is 0 Å². The second-order valence-electron chi connectivity index (χ2n) is 3.13. The molecule has 0 radical (unpaired) electrons. The van der Waals surface area contributed by atoms with Crippen molar-refractivity contribution >= 4 is 18.1 Å². The van der Waals surface area contributed by atoms with Crippen molar-refractivity contribution in [3.05, 3.63) is 0 Å². The van der Waals surface area contributed by atoms with Crippen LogP contribution in [0.3, 0.4) is 0 Å². The van der Waals surface area contributed by atoms with Crippen molar-refractivity contribution in [2.45, 2.75) is 38.1 Å². The SMILES string of the molecule is COP(=O)(Cl)NC1CCCCC1. The summed E-state index contributed by atoms with van der Waals surface area (Å²) >= 11 is 5.58. The van der Waals surface area contributed by atoms with Crippen LogP contribution in [-0.2, 0) is 9.09 Å². The van der Waals surface area contributed by atoms with Gasteiger partial charge in [-0.1, -0.05) is 19.3 Å². The fraction of sp³-hybridized carbons (Fsp3) is 1.00. The van der Waals surface area contributed by atoms with Crippen molar-refractivity contribution in [2.75, 3.05) is 7.11 Å². The molecule has 72 valence electrons. The van der Waals surface area contributed by atoms with Crippen LogP contribution in [0.2, 0.25) is 0 Å². The van der Waals surface area contributed by atoms with Gasteiger partial charge in [0.25, 0.3) is 0 Å². The first-order chi connectivity index (χ1) is 5.64. The molecule has 0 aromatic rings. The summed E-state index contributed by atoms with van der Waals surface area (Å²) in [4.78, 5) is 0. The van der Waals surface area contributed by atoms with Crippen LogP contribution in [0.5, 0.6) is 0 Å². The molecule has 1 aliphatic rings. The van der Waals surface area contributed by atoms with Crippen LogP contribution in [0, 0.1) is 0 Å². The molecule has 0 heterocycles. The van der Waals surface area contributed by atoms with Gasteiger partial charge in [-0.15, -0.1) is 0 Å². The Hall–Kier alpha value is 0.440. The molecular formula is C7H15ClNO2P. The molecule has 1 rings (SSSR count). The molecule has 0 amide bonds. The topological polar surface area (TPSA) is 38.3 Å². The van der Waals surface area contributed by atoms with Gasteiger partial charge in [-0.05, 0) is 24.1 Å². The predicted molar refractivity (Wildman–Crippen MR) is 50.5 cm³/mol. The molecular weight excluding hydrogens is 197 g/mol. The Morgan fingerprint density at radius 2 is 2.00 bits per heavy atom. The van der Waals surface area contributed by atoms with Crippen LogP contribution >= 0.6 is 18.1 Å². The molecule has 0 aliphatic heterocycles. The van der Waals surface area contributed by atoms with E-state index in [1.165, 1.54) is 26.4 Å². The van der Waals surface area contributed by atoms with E-state index in [-0.39, 0.29) is 6.04 Å². The lowest BCUT2D eigenvalue weighted by Gasteiger charge is -2.24. The summed E-state index contributed by atoms with van der Waals surface area (Å²) in [6.07, 6.45) is 5.77. The van der Waals surface area contributed by atoms with Gasteiger partial charge in [-0.3, -0.25) is 4.57 Å². The highest BCUT2D eigenvalue weighted by atomic mass is 35.7. The van der Waals surface area contributed by atoms with Gasteiger partial charge >= 0.3 is 6.87 Å². The first-order valence-electron chi connectivity index (χ1n) is 4.27. The summed E-state index contributed by atoms with van der Waals surface area (Å²) in [6, 6.07) is 0.280. The lowest BCUT2D eigenvalue weighted by molar-refractivity contribution is 0.362. The average Bonchev–Trinajstić information content (AvgIpc) is 2.06. The molecule has 0 bridgehead atoms. The molecule has 1 unspecified atom stereocenters. The van der Waals surface area contributed by atoms with E-state index < -0.39 is 6.87 Å². The maximum absolute atomic E-state index is 11.3. The molecule has 1 atom stereocenters. The first-order valence-corrected chi connectivity index (χ1v) is 6.80. The number of rotatable bonds is 3. The molecule has 3 nitrogen and oxygen atoms in total. The van der Waals surface area contributed by atoms with E-state index in [1.54, 1.807) is 0 Å². The normalized spacial score (nSPS) is 25.2. The maximum Gasteiger partial charge on any atom is 0.360 e. The van der Waals surface area contributed by atoms with Crippen LogP contribution in [0.25, 0.3) is 0 Å². The largest absolute Gasteiger partial charge is 0.360 e. The van der Waals surface area contributed by atoms with E-state index in [0.717, 1.165) is 12.8 Å². The summed E-state index contributed by atoms with van der Waals surface area (Å²) < 4.78 is 15.9. The van der Waals surface area contributed by atoms with E-state index >= 15 is 0 Å². The van der Waals surface area contributed by atoms with Gasteiger partial charge in [0, 0.05) is 13.2 Å². The van der Waals surface area contributed by atoms with Crippen molar-refractivity contribution in [2.24, 2.45) is 0 Å². The molecule has 0 aromatic heterocycles. The predicted octanol–water partition coefficient (Wildman–Crippen LogP) is 2.90. The molecule has 1 aliphatic carbocycles. The van der Waals surface area contributed by atoms with Gasteiger partial charge in [0.1, 0.15) is 0 Å². The highest BCUT2D eigenvalue weighted by Gasteiger charge is 2.23. The zero-order valence-electron chi connectivity index (χ0n) is 7.25. The Balaban J connectivity index is 2.34. The fourth-order valence-electron chi connectivity index (χ4n) is 1.50. The quantitative estimate of drug-likeness (QED) is 0.730. The van der Waals surface area contributed by atoms with E-state index in [4.69, 9.17) is 11.2 Å². The minimum Gasteiger partial charge on any atom is -0.310 e. The van der Waals surface area contributed by atoms with Crippen LogP contribution in [0.15, 0.2) is 0 Å². The fourth-order valence-corrected chi connectivity index (χ4v) is 2.72. The molecule has 0 spiro atoms. The Morgan fingerprint density at radius 1 is 1.42 bits per heavy atom. The van der Waals surface area contributed by atoms with Crippen LogP contribution in [0.4, 0.5) is 0 Å². The Kier molecular flexibility index (Phi) is 4.04. The number of hydrogen-bond acceptors (Lipinski definition) is 2. The second kappa shape index (κ2) is 4.61. The standard InChI is InChI=1S/C7H15ClNO2P/c1-11-12(8,10)9-7-5-3-2-4-6-7/h7H,2-6H2,1H3,(H,9,10). The average molecular weight is 212 g/mol. The molecule has 0 saturated heterocycles. The first kappa shape index (κ1) is 10.5. The highest BCUT2D eigenvalue weighted by Crippen LogP contribution is 2.48. The third kappa shape index (κ3) is 3.44. The van der Waals surface area contributed by atoms with E-state index in [9.17, 15) is 4.57 Å². The summed E-state index contributed by atoms with van der Waals surface area (Å²) in [5.74, 6) is 0. The lowest BCUT2D eigenvalue weighted by atomic mass is 9.96.